The Morgan fingerprint density at radius 3 is 2.50 bits per heavy atom. The van der Waals surface area contributed by atoms with Gasteiger partial charge in [0, 0.05) is 11.2 Å². The van der Waals surface area contributed by atoms with Gasteiger partial charge in [0.1, 0.15) is 5.01 Å². The summed E-state index contributed by atoms with van der Waals surface area (Å²) in [6, 6.07) is 0. The van der Waals surface area contributed by atoms with E-state index >= 15 is 0 Å². The molecule has 0 heterocycles. The standard InChI is InChI=1S/C6H11Br2O2/c1-5(7)4-10-6(8)2-3-9/h5-6H,2-4H2,1H3. The summed E-state index contributed by atoms with van der Waals surface area (Å²) in [5.74, 6) is 0. The van der Waals surface area contributed by atoms with Gasteiger partial charge in [-0.15, -0.1) is 0 Å². The van der Waals surface area contributed by atoms with E-state index in [1.165, 1.54) is 0 Å². The van der Waals surface area contributed by atoms with Crippen molar-refractivity contribution in [3.63, 3.8) is 0 Å². The number of rotatable bonds is 5. The molecule has 2 atom stereocenters. The summed E-state index contributed by atoms with van der Waals surface area (Å²) in [4.78, 5) is 0.346. The third kappa shape index (κ3) is 6.99. The lowest BCUT2D eigenvalue weighted by Gasteiger charge is -2.09. The molecule has 4 heteroatoms. The van der Waals surface area contributed by atoms with Crippen molar-refractivity contribution in [3.05, 3.63) is 0 Å². The van der Waals surface area contributed by atoms with Gasteiger partial charge in [-0.25, -0.2) is 5.11 Å². The molecule has 0 N–H and O–H groups in total. The fourth-order valence-electron chi connectivity index (χ4n) is 0.413. The first-order valence-corrected chi connectivity index (χ1v) is 4.97. The van der Waals surface area contributed by atoms with E-state index in [2.05, 4.69) is 31.9 Å². The topological polar surface area (TPSA) is 29.1 Å². The van der Waals surface area contributed by atoms with E-state index in [0.717, 1.165) is 0 Å². The van der Waals surface area contributed by atoms with Crippen molar-refractivity contribution in [3.8, 4) is 0 Å². The van der Waals surface area contributed by atoms with Crippen LogP contribution in [0.2, 0.25) is 0 Å². The zero-order chi connectivity index (χ0) is 7.98. The van der Waals surface area contributed by atoms with Crippen molar-refractivity contribution in [2.75, 3.05) is 13.2 Å². The maximum atomic E-state index is 10.1. The monoisotopic (exact) mass is 273 g/mol. The van der Waals surface area contributed by atoms with Gasteiger partial charge in [-0.1, -0.05) is 38.8 Å². The first kappa shape index (κ1) is 10.9. The van der Waals surface area contributed by atoms with E-state index in [1.54, 1.807) is 0 Å². The van der Waals surface area contributed by atoms with Crippen LogP contribution in [0.25, 0.3) is 0 Å². The molecule has 0 amide bonds. The second kappa shape index (κ2) is 6.58. The molecule has 0 bridgehead atoms. The van der Waals surface area contributed by atoms with E-state index < -0.39 is 0 Å². The van der Waals surface area contributed by atoms with Gasteiger partial charge < -0.3 is 4.74 Å². The molecule has 0 aromatic rings. The van der Waals surface area contributed by atoms with Crippen molar-refractivity contribution in [1.82, 2.24) is 0 Å². The highest BCUT2D eigenvalue weighted by atomic mass is 79.9. The Bertz CT molecular complexity index is 78.1. The molecule has 0 aromatic heterocycles. The summed E-state index contributed by atoms with van der Waals surface area (Å²) in [6.45, 7) is 2.54. The van der Waals surface area contributed by atoms with Crippen molar-refractivity contribution in [2.45, 2.75) is 23.2 Å². The minimum atomic E-state index is -0.0907. The van der Waals surface area contributed by atoms with Gasteiger partial charge >= 0.3 is 0 Å². The van der Waals surface area contributed by atoms with Gasteiger partial charge in [0.25, 0.3) is 0 Å². The van der Waals surface area contributed by atoms with Crippen LogP contribution in [0.5, 0.6) is 0 Å². The van der Waals surface area contributed by atoms with Crippen LogP contribution in [0.15, 0.2) is 0 Å². The first-order valence-electron chi connectivity index (χ1n) is 3.14. The Morgan fingerprint density at radius 2 is 2.10 bits per heavy atom. The van der Waals surface area contributed by atoms with Crippen LogP contribution in [0, 0.1) is 0 Å². The van der Waals surface area contributed by atoms with Gasteiger partial charge in [-0.2, -0.15) is 0 Å². The summed E-state index contributed by atoms with van der Waals surface area (Å²) in [7, 11) is 0. The van der Waals surface area contributed by atoms with E-state index in [4.69, 9.17) is 4.74 Å². The predicted octanol–water partition coefficient (Wildman–Crippen LogP) is 2.33. The number of halogens is 2. The van der Waals surface area contributed by atoms with E-state index in [1.807, 2.05) is 6.92 Å². The molecule has 0 aliphatic heterocycles. The third-order valence-electron chi connectivity index (χ3n) is 0.852. The van der Waals surface area contributed by atoms with Crippen molar-refractivity contribution >= 4 is 31.9 Å². The molecular weight excluding hydrogens is 264 g/mol. The normalized spacial score (nSPS) is 16.8. The molecule has 0 saturated heterocycles. The van der Waals surface area contributed by atoms with Crippen LogP contribution < -0.4 is 0 Å². The summed E-state index contributed by atoms with van der Waals surface area (Å²) >= 11 is 6.55. The molecule has 0 saturated carbocycles. The molecule has 2 unspecified atom stereocenters. The molecule has 61 valence electrons. The van der Waals surface area contributed by atoms with Crippen LogP contribution in [0.4, 0.5) is 0 Å². The third-order valence-corrected chi connectivity index (χ3v) is 1.84. The number of hydrogen-bond acceptors (Lipinski definition) is 1. The highest BCUT2D eigenvalue weighted by Crippen LogP contribution is 2.08. The van der Waals surface area contributed by atoms with Crippen LogP contribution in [0.1, 0.15) is 13.3 Å². The zero-order valence-corrected chi connectivity index (χ0v) is 9.02. The highest BCUT2D eigenvalue weighted by molar-refractivity contribution is 9.09. The number of ether oxygens (including phenoxy) is 1. The smallest absolute Gasteiger partial charge is 0.114 e. The summed E-state index contributed by atoms with van der Waals surface area (Å²) < 4.78 is 5.21. The quantitative estimate of drug-likeness (QED) is 0.708. The molecule has 0 rings (SSSR count). The minimum absolute atomic E-state index is 0.0787. The molecule has 1 radical (unpaired) electrons. The van der Waals surface area contributed by atoms with Gasteiger partial charge in [0.15, 0.2) is 0 Å². The van der Waals surface area contributed by atoms with Gasteiger partial charge in [0.2, 0.25) is 0 Å². The van der Waals surface area contributed by atoms with Gasteiger partial charge in [-0.05, 0) is 0 Å². The maximum Gasteiger partial charge on any atom is 0.114 e. The van der Waals surface area contributed by atoms with E-state index in [9.17, 15) is 5.11 Å². The molecular formula is C6H11Br2O2. The average molecular weight is 275 g/mol. The zero-order valence-electron chi connectivity index (χ0n) is 5.85. The van der Waals surface area contributed by atoms with Crippen LogP contribution in [0.3, 0.4) is 0 Å². The van der Waals surface area contributed by atoms with Crippen LogP contribution in [-0.2, 0) is 9.84 Å². The first-order chi connectivity index (χ1) is 4.66. The molecule has 0 aliphatic carbocycles. The molecule has 0 fully saturated rings. The fourth-order valence-corrected chi connectivity index (χ4v) is 0.905. The predicted molar refractivity (Wildman–Crippen MR) is 47.2 cm³/mol. The highest BCUT2D eigenvalue weighted by Gasteiger charge is 2.04. The second-order valence-electron chi connectivity index (χ2n) is 2.02. The fraction of sp³-hybridized carbons (Fsp3) is 1.00. The Balaban J connectivity index is 3.12. The second-order valence-corrected chi connectivity index (χ2v) is 4.60. The Labute approximate surface area is 78.2 Å². The van der Waals surface area contributed by atoms with Gasteiger partial charge in [-0.3, -0.25) is 0 Å². The van der Waals surface area contributed by atoms with E-state index in [-0.39, 0.29) is 11.6 Å². The largest absolute Gasteiger partial charge is 0.366 e. The maximum absolute atomic E-state index is 10.1. The lowest BCUT2D eigenvalue weighted by Crippen LogP contribution is -2.12. The number of hydrogen-bond donors (Lipinski definition) is 0. The molecule has 0 aliphatic rings. The molecule has 0 spiro atoms. The van der Waals surface area contributed by atoms with Gasteiger partial charge in [0.05, 0.1) is 13.2 Å². The summed E-state index contributed by atoms with van der Waals surface area (Å²) in [5.41, 5.74) is 0. The summed E-state index contributed by atoms with van der Waals surface area (Å²) in [6.07, 6.45) is 0.528. The molecule has 2 nitrogen and oxygen atoms in total. The Morgan fingerprint density at radius 1 is 1.50 bits per heavy atom. The van der Waals surface area contributed by atoms with Crippen molar-refractivity contribution < 1.29 is 9.84 Å². The van der Waals surface area contributed by atoms with E-state index in [0.29, 0.717) is 17.9 Å². The van der Waals surface area contributed by atoms with Crippen molar-refractivity contribution in [1.29, 1.82) is 0 Å². The SMILES string of the molecule is CC(Br)COC(Br)CC[O]. The minimum Gasteiger partial charge on any atom is -0.366 e. The van der Waals surface area contributed by atoms with Crippen molar-refractivity contribution in [2.24, 2.45) is 0 Å². The lowest BCUT2D eigenvalue weighted by molar-refractivity contribution is 0.0851. The molecule has 10 heavy (non-hydrogen) atoms. The average Bonchev–Trinajstić information content (AvgIpc) is 1.85. The lowest BCUT2D eigenvalue weighted by atomic mass is 10.5. The Kier molecular flexibility index (Phi) is 7.16. The van der Waals surface area contributed by atoms with Crippen LogP contribution >= 0.6 is 31.9 Å². The summed E-state index contributed by atoms with van der Waals surface area (Å²) in [5, 5.41) is 9.98. The molecule has 0 aromatic carbocycles. The Hall–Kier alpha value is 0.880. The number of alkyl halides is 2. The van der Waals surface area contributed by atoms with Crippen LogP contribution in [-0.4, -0.2) is 23.1 Å².